The van der Waals surface area contributed by atoms with E-state index in [4.69, 9.17) is 9.85 Å². The number of aromatic nitrogens is 4. The van der Waals surface area contributed by atoms with Crippen molar-refractivity contribution >= 4 is 22.5 Å². The maximum Gasteiger partial charge on any atom is 0.261 e. The molecule has 0 aliphatic heterocycles. The molecule has 1 fully saturated rings. The molecule has 8 heteroatoms. The van der Waals surface area contributed by atoms with Crippen molar-refractivity contribution in [3.8, 4) is 11.3 Å². The number of aryl methyl sites for hydroxylation is 1. The summed E-state index contributed by atoms with van der Waals surface area (Å²) < 4.78 is 23.6. The first kappa shape index (κ1) is 14.1. The predicted octanol–water partition coefficient (Wildman–Crippen LogP) is 1.69. The lowest BCUT2D eigenvalue weighted by Gasteiger charge is -2.27. The van der Waals surface area contributed by atoms with E-state index in [1.807, 2.05) is 0 Å². The number of aliphatic hydroxyl groups excluding tert-OH is 1. The number of nitrogens with one attached hydrogen (secondary N) is 1. The Hall–Kier alpha value is -3.00. The fourth-order valence-electron chi connectivity index (χ4n) is 3.40. The van der Waals surface area contributed by atoms with Gasteiger partial charge in [-0.25, -0.2) is 15.0 Å². The number of rotatable bonds is 3. The summed E-state index contributed by atoms with van der Waals surface area (Å²) in [6, 6.07) is 3.30. The van der Waals surface area contributed by atoms with Gasteiger partial charge in [0.1, 0.15) is 5.82 Å². The van der Waals surface area contributed by atoms with E-state index in [0.29, 0.717) is 35.3 Å². The molecule has 0 unspecified atom stereocenters. The smallest absolute Gasteiger partial charge is 0.261 e. The molecule has 3 heterocycles. The molecule has 0 amide bonds. The van der Waals surface area contributed by atoms with Crippen LogP contribution in [-0.4, -0.2) is 36.8 Å². The molecule has 4 rings (SSSR count). The normalized spacial score (nSPS) is 22.0. The van der Waals surface area contributed by atoms with Gasteiger partial charge in [-0.05, 0) is 43.2 Å². The predicted molar refractivity (Wildman–Crippen MR) is 104 cm³/mol. The van der Waals surface area contributed by atoms with E-state index >= 15 is 0 Å². The summed E-state index contributed by atoms with van der Waals surface area (Å²) in [7, 11) is 0. The van der Waals surface area contributed by atoms with Crippen LogP contribution in [0.15, 0.2) is 35.5 Å². The molecule has 27 heavy (non-hydrogen) atoms. The van der Waals surface area contributed by atoms with Crippen molar-refractivity contribution in [2.45, 2.75) is 37.8 Å². The van der Waals surface area contributed by atoms with Gasteiger partial charge in [-0.15, -0.1) is 0 Å². The lowest BCUT2D eigenvalue weighted by Crippen LogP contribution is -2.29. The van der Waals surface area contributed by atoms with E-state index in [9.17, 15) is 9.90 Å². The molecule has 140 valence electrons. The zero-order chi connectivity index (χ0) is 21.5. The third-order valence-electron chi connectivity index (χ3n) is 4.89. The Morgan fingerprint density at radius 3 is 2.74 bits per heavy atom. The molecule has 0 saturated heterocycles. The minimum atomic E-state index is -2.60. The van der Waals surface area contributed by atoms with Gasteiger partial charge in [-0.2, -0.15) is 0 Å². The zero-order valence-corrected chi connectivity index (χ0v) is 14.6. The lowest BCUT2D eigenvalue weighted by molar-refractivity contribution is 0.126. The Labute approximate surface area is 160 Å². The summed E-state index contributed by atoms with van der Waals surface area (Å²) in [4.78, 5) is 25.6. The Morgan fingerprint density at radius 1 is 1.30 bits per heavy atom. The summed E-state index contributed by atoms with van der Waals surface area (Å²) >= 11 is 0. The minimum absolute atomic E-state index is 0.0165. The zero-order valence-electron chi connectivity index (χ0n) is 17.6. The van der Waals surface area contributed by atoms with Gasteiger partial charge in [-0.3, -0.25) is 4.79 Å². The van der Waals surface area contributed by atoms with Gasteiger partial charge < -0.3 is 20.7 Å². The van der Waals surface area contributed by atoms with Crippen LogP contribution in [0, 0.1) is 0 Å². The van der Waals surface area contributed by atoms with Crippen LogP contribution in [0.3, 0.4) is 0 Å². The van der Waals surface area contributed by atoms with E-state index in [-0.39, 0.29) is 23.5 Å². The van der Waals surface area contributed by atoms with Crippen molar-refractivity contribution < 1.29 is 9.22 Å². The average molecular weight is 369 g/mol. The highest BCUT2D eigenvalue weighted by molar-refractivity contribution is 5.93. The number of anilines is 2. The lowest BCUT2D eigenvalue weighted by atomic mass is 9.93. The third kappa shape index (κ3) is 3.48. The summed E-state index contributed by atoms with van der Waals surface area (Å²) in [5.41, 5.74) is 6.08. The van der Waals surface area contributed by atoms with Crippen molar-refractivity contribution in [1.82, 2.24) is 19.5 Å². The molecule has 1 aliphatic carbocycles. The van der Waals surface area contributed by atoms with Gasteiger partial charge in [0.05, 0.1) is 17.2 Å². The van der Waals surface area contributed by atoms with Crippen LogP contribution in [-0.2, 0) is 6.98 Å². The van der Waals surface area contributed by atoms with Crippen LogP contribution in [0.5, 0.6) is 0 Å². The number of nitrogen functional groups attached to an aromatic ring is 1. The van der Waals surface area contributed by atoms with Gasteiger partial charge in [-0.1, -0.05) is 0 Å². The first-order chi connectivity index (χ1) is 14.2. The van der Waals surface area contributed by atoms with Crippen LogP contribution in [0.2, 0.25) is 0 Å². The standard InChI is InChI=1S/C19H22N6O2/c1-25-7-6-11-8-15(12-9-21-19(20)22-10-12)24-17(16(11)18(25)27)23-13-2-4-14(26)5-3-13/h6-10,13-14,26H,2-5H2,1H3,(H,23,24)(H2,20,21,22)/t13-,14+/i1D3. The number of nitrogens with zero attached hydrogens (tertiary/aromatic N) is 4. The van der Waals surface area contributed by atoms with E-state index in [1.165, 1.54) is 6.20 Å². The maximum atomic E-state index is 13.0. The number of nitrogens with two attached hydrogens (primary N) is 1. The van der Waals surface area contributed by atoms with Crippen molar-refractivity contribution in [2.75, 3.05) is 11.1 Å². The fourth-order valence-corrected chi connectivity index (χ4v) is 3.40. The van der Waals surface area contributed by atoms with Gasteiger partial charge in [0.2, 0.25) is 5.95 Å². The highest BCUT2D eigenvalue weighted by Crippen LogP contribution is 2.28. The molecular weight excluding hydrogens is 344 g/mol. The first-order valence-corrected chi connectivity index (χ1v) is 8.82. The second-order valence-corrected chi connectivity index (χ2v) is 6.79. The Balaban J connectivity index is 1.86. The summed E-state index contributed by atoms with van der Waals surface area (Å²) in [5.74, 6) is 0.448. The molecule has 0 radical (unpaired) electrons. The molecule has 8 nitrogen and oxygen atoms in total. The number of pyridine rings is 2. The largest absolute Gasteiger partial charge is 0.393 e. The Bertz CT molecular complexity index is 1120. The first-order valence-electron chi connectivity index (χ1n) is 10.3. The highest BCUT2D eigenvalue weighted by atomic mass is 16.3. The second kappa shape index (κ2) is 6.96. The molecule has 4 N–H and O–H groups in total. The summed E-state index contributed by atoms with van der Waals surface area (Å²) in [5, 5.41) is 13.8. The van der Waals surface area contributed by atoms with Crippen molar-refractivity contribution in [1.29, 1.82) is 0 Å². The average Bonchev–Trinajstić information content (AvgIpc) is 2.69. The van der Waals surface area contributed by atoms with Gasteiger partial charge in [0.25, 0.3) is 5.56 Å². The Kier molecular flexibility index (Phi) is 3.64. The molecule has 1 saturated carbocycles. The van der Waals surface area contributed by atoms with Crippen LogP contribution < -0.4 is 16.6 Å². The molecule has 0 bridgehead atoms. The van der Waals surface area contributed by atoms with Gasteiger partial charge in [0.15, 0.2) is 0 Å². The van der Waals surface area contributed by atoms with E-state index in [2.05, 4.69) is 20.3 Å². The number of aliphatic hydroxyl groups is 1. The number of hydrogen-bond donors (Lipinski definition) is 3. The number of hydrogen-bond acceptors (Lipinski definition) is 7. The topological polar surface area (TPSA) is 119 Å². The molecular formula is C19H22N6O2. The highest BCUT2D eigenvalue weighted by Gasteiger charge is 2.21. The molecule has 0 aromatic carbocycles. The number of fused-ring (bicyclic) bond motifs is 1. The maximum absolute atomic E-state index is 13.0. The SMILES string of the molecule is [2H]C([2H])([2H])n1ccc2cc(-c3cnc(N)nc3)nc(N[C@H]3CC[C@@H](O)CC3)c2c1=O. The van der Waals surface area contributed by atoms with Crippen LogP contribution in [0.25, 0.3) is 22.0 Å². The molecule has 3 aromatic rings. The fraction of sp³-hybridized carbons (Fsp3) is 0.368. The van der Waals surface area contributed by atoms with Crippen LogP contribution in [0.1, 0.15) is 29.8 Å². The van der Waals surface area contributed by atoms with Crippen LogP contribution >= 0.6 is 0 Å². The van der Waals surface area contributed by atoms with Crippen molar-refractivity contribution in [2.24, 2.45) is 6.98 Å². The van der Waals surface area contributed by atoms with Gasteiger partial charge in [0, 0.05) is 41.3 Å². The minimum Gasteiger partial charge on any atom is -0.393 e. The van der Waals surface area contributed by atoms with E-state index in [1.54, 1.807) is 24.5 Å². The monoisotopic (exact) mass is 369 g/mol. The summed E-state index contributed by atoms with van der Waals surface area (Å²) in [6.07, 6.45) is 6.78. The third-order valence-corrected chi connectivity index (χ3v) is 4.89. The Morgan fingerprint density at radius 2 is 2.04 bits per heavy atom. The van der Waals surface area contributed by atoms with Crippen molar-refractivity contribution in [3.63, 3.8) is 0 Å². The van der Waals surface area contributed by atoms with Gasteiger partial charge >= 0.3 is 0 Å². The summed E-state index contributed by atoms with van der Waals surface area (Å²) in [6.45, 7) is -2.60. The molecule has 0 spiro atoms. The molecule has 0 atom stereocenters. The van der Waals surface area contributed by atoms with E-state index < -0.39 is 12.5 Å². The second-order valence-electron chi connectivity index (χ2n) is 6.79. The van der Waals surface area contributed by atoms with Crippen LogP contribution in [0.4, 0.5) is 11.8 Å². The molecule has 1 aliphatic rings. The van der Waals surface area contributed by atoms with E-state index in [0.717, 1.165) is 17.4 Å². The quantitative estimate of drug-likeness (QED) is 0.643. The van der Waals surface area contributed by atoms with Crippen molar-refractivity contribution in [3.05, 3.63) is 41.1 Å². The molecule has 3 aromatic heterocycles.